The van der Waals surface area contributed by atoms with Gasteiger partial charge in [0.2, 0.25) is 0 Å². The van der Waals surface area contributed by atoms with E-state index in [2.05, 4.69) is 18.7 Å². The number of benzene rings is 1. The third kappa shape index (κ3) is 3.77. The first-order valence-electron chi connectivity index (χ1n) is 7.14. The molecule has 2 N–H and O–H groups in total. The minimum atomic E-state index is -0.131. The van der Waals surface area contributed by atoms with Crippen LogP contribution in [0.15, 0.2) is 24.3 Å². The molecule has 3 heteroatoms. The fourth-order valence-electron chi connectivity index (χ4n) is 2.54. The van der Waals surface area contributed by atoms with Gasteiger partial charge in [0.25, 0.3) is 0 Å². The molecule has 1 aromatic rings. The maximum atomic E-state index is 13.8. The van der Waals surface area contributed by atoms with E-state index >= 15 is 0 Å². The van der Waals surface area contributed by atoms with Crippen LogP contribution >= 0.6 is 0 Å². The predicted octanol–water partition coefficient (Wildman–Crippen LogP) is 3.58. The molecule has 0 saturated heterocycles. The number of halogens is 1. The van der Waals surface area contributed by atoms with Gasteiger partial charge in [0.05, 0.1) is 0 Å². The summed E-state index contributed by atoms with van der Waals surface area (Å²) in [6, 6.07) is 7.06. The van der Waals surface area contributed by atoms with Crippen LogP contribution in [0.25, 0.3) is 0 Å². The molecule has 0 spiro atoms. The second-order valence-corrected chi connectivity index (χ2v) is 5.52. The average Bonchev–Trinajstić information content (AvgIpc) is 2.44. The summed E-state index contributed by atoms with van der Waals surface area (Å²) >= 11 is 0. The van der Waals surface area contributed by atoms with E-state index in [1.807, 2.05) is 26.1 Å². The van der Waals surface area contributed by atoms with Crippen LogP contribution in [-0.2, 0) is 0 Å². The van der Waals surface area contributed by atoms with E-state index < -0.39 is 0 Å². The second kappa shape index (κ2) is 7.01. The van der Waals surface area contributed by atoms with Crippen LogP contribution in [0.2, 0.25) is 0 Å². The number of hydrogen-bond donors (Lipinski definition) is 1. The predicted molar refractivity (Wildman–Crippen MR) is 79.5 cm³/mol. The second-order valence-electron chi connectivity index (χ2n) is 5.52. The zero-order valence-corrected chi connectivity index (χ0v) is 12.6. The van der Waals surface area contributed by atoms with E-state index in [4.69, 9.17) is 5.73 Å². The summed E-state index contributed by atoms with van der Waals surface area (Å²) in [5.74, 6) is -0.131. The quantitative estimate of drug-likeness (QED) is 0.817. The van der Waals surface area contributed by atoms with Crippen molar-refractivity contribution in [3.05, 3.63) is 35.6 Å². The third-order valence-electron chi connectivity index (χ3n) is 4.53. The summed E-state index contributed by atoms with van der Waals surface area (Å²) in [7, 11) is 2.05. The van der Waals surface area contributed by atoms with Crippen molar-refractivity contribution in [2.45, 2.75) is 39.7 Å². The largest absolute Gasteiger partial charge is 0.330 e. The lowest BCUT2D eigenvalue weighted by Gasteiger charge is -2.37. The van der Waals surface area contributed by atoms with Gasteiger partial charge < -0.3 is 5.73 Å². The Morgan fingerprint density at radius 2 is 1.84 bits per heavy atom. The van der Waals surface area contributed by atoms with Crippen molar-refractivity contribution in [1.82, 2.24) is 4.90 Å². The van der Waals surface area contributed by atoms with E-state index in [0.29, 0.717) is 6.54 Å². The first kappa shape index (κ1) is 16.1. The lowest BCUT2D eigenvalue weighted by atomic mass is 9.81. The highest BCUT2D eigenvalue weighted by Gasteiger charge is 2.28. The highest BCUT2D eigenvalue weighted by atomic mass is 19.1. The molecule has 0 saturated carbocycles. The Morgan fingerprint density at radius 1 is 1.26 bits per heavy atom. The number of hydrogen-bond acceptors (Lipinski definition) is 2. The molecule has 19 heavy (non-hydrogen) atoms. The highest BCUT2D eigenvalue weighted by Crippen LogP contribution is 2.30. The van der Waals surface area contributed by atoms with Crippen LogP contribution in [0.5, 0.6) is 0 Å². The van der Waals surface area contributed by atoms with Crippen LogP contribution in [0.1, 0.15) is 45.2 Å². The topological polar surface area (TPSA) is 29.3 Å². The van der Waals surface area contributed by atoms with Gasteiger partial charge in [0.1, 0.15) is 5.82 Å². The van der Waals surface area contributed by atoms with Crippen LogP contribution in [-0.4, -0.2) is 25.0 Å². The van der Waals surface area contributed by atoms with Crippen LogP contribution < -0.4 is 5.73 Å². The first-order valence-corrected chi connectivity index (χ1v) is 7.14. The molecule has 0 amide bonds. The van der Waals surface area contributed by atoms with Crippen molar-refractivity contribution >= 4 is 0 Å². The van der Waals surface area contributed by atoms with E-state index in [9.17, 15) is 4.39 Å². The smallest absolute Gasteiger partial charge is 0.127 e. The van der Waals surface area contributed by atoms with Crippen molar-refractivity contribution in [1.29, 1.82) is 0 Å². The van der Waals surface area contributed by atoms with Crippen molar-refractivity contribution < 1.29 is 4.39 Å². The summed E-state index contributed by atoms with van der Waals surface area (Å²) in [6.45, 7) is 7.97. The standard InChI is InChI=1S/C16H27FN2/c1-5-16(6-2,11-18)12-19(4)13(3)14-9-7-8-10-15(14)17/h7-10,13H,5-6,11-12,18H2,1-4H3. The monoisotopic (exact) mass is 266 g/mol. The normalized spacial score (nSPS) is 13.8. The Morgan fingerprint density at radius 3 is 2.32 bits per heavy atom. The van der Waals surface area contributed by atoms with Crippen molar-refractivity contribution in [2.24, 2.45) is 11.1 Å². The Balaban J connectivity index is 2.83. The molecule has 0 aliphatic rings. The summed E-state index contributed by atoms with van der Waals surface area (Å²) in [4.78, 5) is 2.21. The number of nitrogens with zero attached hydrogens (tertiary/aromatic N) is 1. The Bertz CT molecular complexity index is 380. The molecule has 1 unspecified atom stereocenters. The fourth-order valence-corrected chi connectivity index (χ4v) is 2.54. The number of nitrogens with two attached hydrogens (primary N) is 1. The maximum absolute atomic E-state index is 13.8. The van der Waals surface area contributed by atoms with Crippen LogP contribution in [0, 0.1) is 11.2 Å². The SMILES string of the molecule is CCC(CC)(CN)CN(C)C(C)c1ccccc1F. The molecule has 0 radical (unpaired) electrons. The lowest BCUT2D eigenvalue weighted by Crippen LogP contribution is -2.41. The zero-order chi connectivity index (χ0) is 14.5. The van der Waals surface area contributed by atoms with Gasteiger partial charge in [-0.05, 0) is 44.8 Å². The van der Waals surface area contributed by atoms with Gasteiger partial charge in [-0.15, -0.1) is 0 Å². The third-order valence-corrected chi connectivity index (χ3v) is 4.53. The molecular weight excluding hydrogens is 239 g/mol. The Hall–Kier alpha value is -0.930. The van der Waals surface area contributed by atoms with E-state index in [1.54, 1.807) is 6.07 Å². The van der Waals surface area contributed by atoms with Crippen molar-refractivity contribution in [2.75, 3.05) is 20.1 Å². The lowest BCUT2D eigenvalue weighted by molar-refractivity contribution is 0.135. The van der Waals surface area contributed by atoms with Gasteiger partial charge in [-0.3, -0.25) is 4.90 Å². The van der Waals surface area contributed by atoms with Gasteiger partial charge in [0.15, 0.2) is 0 Å². The minimum Gasteiger partial charge on any atom is -0.330 e. The maximum Gasteiger partial charge on any atom is 0.127 e. The van der Waals surface area contributed by atoms with Crippen LogP contribution in [0.3, 0.4) is 0 Å². The number of rotatable bonds is 7. The molecule has 2 nitrogen and oxygen atoms in total. The average molecular weight is 266 g/mol. The molecule has 1 aromatic carbocycles. The molecule has 0 bridgehead atoms. The van der Waals surface area contributed by atoms with Crippen molar-refractivity contribution in [3.8, 4) is 0 Å². The highest BCUT2D eigenvalue weighted by molar-refractivity contribution is 5.20. The summed E-state index contributed by atoms with van der Waals surface area (Å²) < 4.78 is 13.8. The first-order chi connectivity index (χ1) is 8.99. The molecule has 0 aliphatic heterocycles. The van der Waals surface area contributed by atoms with Gasteiger partial charge in [-0.25, -0.2) is 4.39 Å². The Labute approximate surface area is 116 Å². The summed E-state index contributed by atoms with van der Waals surface area (Å²) in [5.41, 5.74) is 6.83. The zero-order valence-electron chi connectivity index (χ0n) is 12.6. The van der Waals surface area contributed by atoms with Gasteiger partial charge >= 0.3 is 0 Å². The fraction of sp³-hybridized carbons (Fsp3) is 0.625. The van der Waals surface area contributed by atoms with Crippen molar-refractivity contribution in [3.63, 3.8) is 0 Å². The molecular formula is C16H27FN2. The van der Waals surface area contributed by atoms with Gasteiger partial charge in [0, 0.05) is 18.2 Å². The molecule has 1 rings (SSSR count). The summed E-state index contributed by atoms with van der Waals surface area (Å²) in [5, 5.41) is 0. The summed E-state index contributed by atoms with van der Waals surface area (Å²) in [6.07, 6.45) is 2.10. The molecule has 108 valence electrons. The molecule has 0 aromatic heterocycles. The van der Waals surface area contributed by atoms with Gasteiger partial charge in [-0.2, -0.15) is 0 Å². The molecule has 0 aliphatic carbocycles. The van der Waals surface area contributed by atoms with Crippen LogP contribution in [0.4, 0.5) is 4.39 Å². The minimum absolute atomic E-state index is 0.0604. The van der Waals surface area contributed by atoms with E-state index in [1.165, 1.54) is 6.07 Å². The molecule has 0 fully saturated rings. The van der Waals surface area contributed by atoms with E-state index in [-0.39, 0.29) is 17.3 Å². The molecule has 1 atom stereocenters. The Kier molecular flexibility index (Phi) is 5.95. The van der Waals surface area contributed by atoms with E-state index in [0.717, 1.165) is 24.9 Å². The molecule has 0 heterocycles. The van der Waals surface area contributed by atoms with Gasteiger partial charge in [-0.1, -0.05) is 32.0 Å².